The fraction of sp³-hybridized carbons (Fsp3) is 0.286. The van der Waals surface area contributed by atoms with E-state index in [2.05, 4.69) is 20.1 Å². The van der Waals surface area contributed by atoms with E-state index in [4.69, 9.17) is 11.6 Å². The van der Waals surface area contributed by atoms with Crippen LogP contribution < -0.4 is 5.32 Å². The summed E-state index contributed by atoms with van der Waals surface area (Å²) in [6.07, 6.45) is 5.64. The van der Waals surface area contributed by atoms with Gasteiger partial charge in [-0.25, -0.2) is 0 Å². The Morgan fingerprint density at radius 2 is 1.83 bits per heavy atom. The number of nitrogens with zero attached hydrogens (tertiary/aromatic N) is 4. The predicted molar refractivity (Wildman–Crippen MR) is 114 cm³/mol. The molecule has 154 valence electrons. The highest BCUT2D eigenvalue weighted by atomic mass is 35.5. The molecule has 2 heterocycles. The summed E-state index contributed by atoms with van der Waals surface area (Å²) in [5, 5.41) is 22.3. The summed E-state index contributed by atoms with van der Waals surface area (Å²) >= 11 is 6.04. The Bertz CT molecular complexity index is 1090. The van der Waals surface area contributed by atoms with E-state index >= 15 is 0 Å². The first-order valence-corrected chi connectivity index (χ1v) is 10.2. The number of aromatic nitrogens is 3. The quantitative estimate of drug-likeness (QED) is 0.474. The Hall–Kier alpha value is -3.26. The van der Waals surface area contributed by atoms with Gasteiger partial charge in [-0.2, -0.15) is 0 Å². The molecule has 0 bridgehead atoms. The van der Waals surface area contributed by atoms with Crippen LogP contribution >= 0.6 is 11.6 Å². The summed E-state index contributed by atoms with van der Waals surface area (Å²) in [6, 6.07) is 11.1. The third-order valence-electron chi connectivity index (χ3n) is 5.17. The van der Waals surface area contributed by atoms with Gasteiger partial charge in [0.25, 0.3) is 11.6 Å². The molecule has 0 spiro atoms. The van der Waals surface area contributed by atoms with Crippen molar-refractivity contribution >= 4 is 28.9 Å². The smallest absolute Gasteiger partial charge is 0.270 e. The lowest BCUT2D eigenvalue weighted by Crippen LogP contribution is -2.12. The van der Waals surface area contributed by atoms with Crippen molar-refractivity contribution in [2.24, 2.45) is 0 Å². The molecule has 0 fully saturated rings. The van der Waals surface area contributed by atoms with Crippen LogP contribution in [0.4, 0.5) is 11.4 Å². The second-order valence-electron chi connectivity index (χ2n) is 7.21. The first kappa shape index (κ1) is 20.0. The van der Waals surface area contributed by atoms with Crippen molar-refractivity contribution < 1.29 is 9.72 Å². The van der Waals surface area contributed by atoms with Crippen LogP contribution in [-0.4, -0.2) is 25.6 Å². The first-order chi connectivity index (χ1) is 14.5. The number of rotatable bonds is 4. The molecule has 0 radical (unpaired) electrons. The van der Waals surface area contributed by atoms with Crippen molar-refractivity contribution in [1.29, 1.82) is 0 Å². The number of benzene rings is 2. The fourth-order valence-electron chi connectivity index (χ4n) is 3.58. The molecule has 0 atom stereocenters. The monoisotopic (exact) mass is 425 g/mol. The number of anilines is 1. The molecule has 4 rings (SSSR count). The van der Waals surface area contributed by atoms with E-state index in [0.717, 1.165) is 43.0 Å². The Kier molecular flexibility index (Phi) is 5.76. The van der Waals surface area contributed by atoms with Gasteiger partial charge < -0.3 is 9.88 Å². The second kappa shape index (κ2) is 8.62. The number of nitrogens with one attached hydrogen (secondary N) is 1. The predicted octanol–water partition coefficient (Wildman–Crippen LogP) is 4.88. The van der Waals surface area contributed by atoms with Crippen LogP contribution in [0.3, 0.4) is 0 Å². The molecule has 2 aromatic carbocycles. The Morgan fingerprint density at radius 3 is 2.57 bits per heavy atom. The minimum Gasteiger partial charge on any atom is -0.322 e. The number of halogens is 1. The van der Waals surface area contributed by atoms with Gasteiger partial charge in [0.15, 0.2) is 5.82 Å². The number of hydrogen-bond donors (Lipinski definition) is 1. The lowest BCUT2D eigenvalue weighted by Gasteiger charge is -2.13. The average Bonchev–Trinajstić information content (AvgIpc) is 3.09. The van der Waals surface area contributed by atoms with E-state index < -0.39 is 10.8 Å². The van der Waals surface area contributed by atoms with E-state index in [9.17, 15) is 14.9 Å². The average molecular weight is 426 g/mol. The number of nitro benzene ring substituents is 1. The molecule has 8 nitrogen and oxygen atoms in total. The van der Waals surface area contributed by atoms with Gasteiger partial charge in [0, 0.05) is 36.3 Å². The number of hydrogen-bond acceptors (Lipinski definition) is 5. The number of nitro groups is 1. The summed E-state index contributed by atoms with van der Waals surface area (Å²) in [4.78, 5) is 22.8. The summed E-state index contributed by atoms with van der Waals surface area (Å²) in [7, 11) is 0. The SMILES string of the molecule is O=C(Nc1ccc(-c2nnc3n2CCCCCC3)cc1)c1ccc([N+](=O)[O-])cc1Cl. The molecule has 0 unspecified atom stereocenters. The van der Waals surface area contributed by atoms with E-state index in [1.54, 1.807) is 12.1 Å². The van der Waals surface area contributed by atoms with Crippen molar-refractivity contribution in [2.45, 2.75) is 38.6 Å². The van der Waals surface area contributed by atoms with Gasteiger partial charge in [0.05, 0.1) is 15.5 Å². The zero-order valence-corrected chi connectivity index (χ0v) is 16.9. The zero-order chi connectivity index (χ0) is 21.1. The minimum absolute atomic E-state index is 0.0281. The number of carbonyl (C=O) groups is 1. The number of carbonyl (C=O) groups excluding carboxylic acids is 1. The van der Waals surface area contributed by atoms with Crippen molar-refractivity contribution in [1.82, 2.24) is 14.8 Å². The number of non-ortho nitro benzene ring substituents is 1. The maximum atomic E-state index is 12.5. The molecule has 30 heavy (non-hydrogen) atoms. The molecular formula is C21H20ClN5O3. The Morgan fingerprint density at radius 1 is 1.07 bits per heavy atom. The van der Waals surface area contributed by atoms with Crippen LogP contribution in [0.15, 0.2) is 42.5 Å². The van der Waals surface area contributed by atoms with Crippen LogP contribution in [0.1, 0.15) is 41.9 Å². The third-order valence-corrected chi connectivity index (χ3v) is 5.48. The van der Waals surface area contributed by atoms with Gasteiger partial charge in [-0.1, -0.05) is 24.4 Å². The molecule has 0 aliphatic carbocycles. The maximum absolute atomic E-state index is 12.5. The fourth-order valence-corrected chi connectivity index (χ4v) is 3.84. The summed E-state index contributed by atoms with van der Waals surface area (Å²) in [6.45, 7) is 0.912. The highest BCUT2D eigenvalue weighted by molar-refractivity contribution is 6.34. The summed E-state index contributed by atoms with van der Waals surface area (Å²) < 4.78 is 2.18. The maximum Gasteiger partial charge on any atom is 0.270 e. The lowest BCUT2D eigenvalue weighted by atomic mass is 10.1. The van der Waals surface area contributed by atoms with Crippen molar-refractivity contribution in [2.75, 3.05) is 5.32 Å². The molecule has 1 N–H and O–H groups in total. The normalized spacial score (nSPS) is 13.8. The van der Waals surface area contributed by atoms with Crippen LogP contribution in [0.2, 0.25) is 5.02 Å². The molecule has 1 amide bonds. The van der Waals surface area contributed by atoms with Gasteiger partial charge in [-0.05, 0) is 43.2 Å². The van der Waals surface area contributed by atoms with Crippen LogP contribution in [0.25, 0.3) is 11.4 Å². The van der Waals surface area contributed by atoms with E-state index in [-0.39, 0.29) is 16.3 Å². The van der Waals surface area contributed by atoms with Crippen LogP contribution in [0, 0.1) is 10.1 Å². The molecule has 9 heteroatoms. The van der Waals surface area contributed by atoms with Crippen LogP contribution in [-0.2, 0) is 13.0 Å². The Balaban J connectivity index is 1.51. The number of fused-ring (bicyclic) bond motifs is 1. The first-order valence-electron chi connectivity index (χ1n) is 9.81. The lowest BCUT2D eigenvalue weighted by molar-refractivity contribution is -0.384. The van der Waals surface area contributed by atoms with E-state index in [1.807, 2.05) is 12.1 Å². The van der Waals surface area contributed by atoms with E-state index in [1.165, 1.54) is 31.0 Å². The molecular weight excluding hydrogens is 406 g/mol. The molecule has 3 aromatic rings. The minimum atomic E-state index is -0.556. The second-order valence-corrected chi connectivity index (χ2v) is 7.62. The number of amides is 1. The molecule has 0 saturated carbocycles. The topological polar surface area (TPSA) is 103 Å². The van der Waals surface area contributed by atoms with Gasteiger partial charge in [-0.3, -0.25) is 14.9 Å². The summed E-state index contributed by atoms with van der Waals surface area (Å²) in [5.74, 6) is 1.42. The highest BCUT2D eigenvalue weighted by Gasteiger charge is 2.17. The van der Waals surface area contributed by atoms with Crippen LogP contribution in [0.5, 0.6) is 0 Å². The molecule has 0 saturated heterocycles. The zero-order valence-electron chi connectivity index (χ0n) is 16.2. The third kappa shape index (κ3) is 4.18. The van der Waals surface area contributed by atoms with E-state index in [0.29, 0.717) is 5.69 Å². The molecule has 1 aliphatic heterocycles. The Labute approximate surface area is 178 Å². The van der Waals surface area contributed by atoms with Crippen molar-refractivity contribution in [3.8, 4) is 11.4 Å². The summed E-state index contributed by atoms with van der Waals surface area (Å²) in [5.41, 5.74) is 1.53. The van der Waals surface area contributed by atoms with Crippen molar-refractivity contribution in [3.63, 3.8) is 0 Å². The largest absolute Gasteiger partial charge is 0.322 e. The standard InChI is InChI=1S/C21H20ClN5O3/c22-18-13-16(27(29)30)10-11-17(18)21(28)23-15-8-6-14(7-9-15)20-25-24-19-5-3-1-2-4-12-26(19)20/h6-11,13H,1-5,12H2,(H,23,28). The van der Waals surface area contributed by atoms with Crippen molar-refractivity contribution in [3.05, 3.63) is 69.0 Å². The van der Waals surface area contributed by atoms with Gasteiger partial charge >= 0.3 is 0 Å². The number of aryl methyl sites for hydroxylation is 1. The van der Waals surface area contributed by atoms with Gasteiger partial charge in [-0.15, -0.1) is 10.2 Å². The van der Waals surface area contributed by atoms with Gasteiger partial charge in [0.1, 0.15) is 5.82 Å². The highest BCUT2D eigenvalue weighted by Crippen LogP contribution is 2.26. The molecule has 1 aliphatic rings. The van der Waals surface area contributed by atoms with Gasteiger partial charge in [0.2, 0.25) is 0 Å². The molecule has 1 aromatic heterocycles.